The lowest BCUT2D eigenvalue weighted by Crippen LogP contribution is -2.27. The van der Waals surface area contributed by atoms with Gasteiger partial charge in [0.25, 0.3) is 11.1 Å². The number of para-hydroxylation sites is 1. The number of fused-ring (bicyclic) bond motifs is 1. The lowest BCUT2D eigenvalue weighted by Gasteiger charge is -2.15. The topological polar surface area (TPSA) is 74.3 Å². The van der Waals surface area contributed by atoms with Gasteiger partial charge >= 0.3 is 0 Å². The van der Waals surface area contributed by atoms with Crippen molar-refractivity contribution in [3.05, 3.63) is 86.0 Å². The summed E-state index contributed by atoms with van der Waals surface area (Å²) in [6.45, 7) is -0.130. The summed E-state index contributed by atoms with van der Waals surface area (Å²) >= 11 is 13.3. The minimum atomic E-state index is -0.507. The van der Waals surface area contributed by atoms with Crippen molar-refractivity contribution in [1.29, 1.82) is 0 Å². The fourth-order valence-corrected chi connectivity index (χ4v) is 5.06. The van der Waals surface area contributed by atoms with Crippen LogP contribution in [0.25, 0.3) is 6.08 Å². The number of carbonyl (C=O) groups is 2. The molecule has 3 aromatic rings. The van der Waals surface area contributed by atoms with Crippen molar-refractivity contribution < 1.29 is 32.9 Å². The van der Waals surface area contributed by atoms with Crippen LogP contribution in [0.2, 0.25) is 10.0 Å². The molecule has 0 atom stereocenters. The van der Waals surface area contributed by atoms with Gasteiger partial charge in [0.05, 0.1) is 23.6 Å². The average Bonchev–Trinajstić information content (AvgIpc) is 3.43. The van der Waals surface area contributed by atoms with Crippen LogP contribution in [0.15, 0.2) is 53.4 Å². The first-order valence-corrected chi connectivity index (χ1v) is 12.5. The lowest BCUT2D eigenvalue weighted by molar-refractivity contribution is -0.123. The number of rotatable bonds is 7. The molecule has 0 bridgehead atoms. The Balaban J connectivity index is 1.41. The molecule has 0 aromatic heterocycles. The quantitative estimate of drug-likeness (QED) is 0.297. The van der Waals surface area contributed by atoms with E-state index in [1.807, 2.05) is 0 Å². The van der Waals surface area contributed by atoms with Gasteiger partial charge in [-0.05, 0) is 47.7 Å². The molecule has 1 fully saturated rings. The molecule has 7 nitrogen and oxygen atoms in total. The first-order valence-electron chi connectivity index (χ1n) is 10.9. The van der Waals surface area contributed by atoms with Gasteiger partial charge in [0, 0.05) is 22.2 Å². The van der Waals surface area contributed by atoms with Gasteiger partial charge in [-0.1, -0.05) is 41.4 Å². The second kappa shape index (κ2) is 10.5. The molecule has 0 aliphatic carbocycles. The first-order chi connectivity index (χ1) is 17.9. The number of hydrogen-bond acceptors (Lipinski definition) is 7. The van der Waals surface area contributed by atoms with Crippen molar-refractivity contribution in [3.63, 3.8) is 0 Å². The second-order valence-electron chi connectivity index (χ2n) is 7.93. The SMILES string of the molecule is COc1cccc(/C=C2\SC(=O)N(Cc3cc4c(cc3Cl)OCO4)C2=O)c1OCc1c(F)cccc1Cl. The maximum absolute atomic E-state index is 14.3. The van der Waals surface area contributed by atoms with E-state index in [-0.39, 0.29) is 41.2 Å². The highest BCUT2D eigenvalue weighted by Gasteiger charge is 2.36. The Morgan fingerprint density at radius 2 is 1.84 bits per heavy atom. The second-order valence-corrected chi connectivity index (χ2v) is 9.74. The van der Waals surface area contributed by atoms with Gasteiger partial charge in [-0.25, -0.2) is 4.39 Å². The smallest absolute Gasteiger partial charge is 0.293 e. The monoisotopic (exact) mass is 561 g/mol. The van der Waals surface area contributed by atoms with Crippen LogP contribution in [0.5, 0.6) is 23.0 Å². The third-order valence-electron chi connectivity index (χ3n) is 5.68. The average molecular weight is 562 g/mol. The van der Waals surface area contributed by atoms with Crippen LogP contribution >= 0.6 is 35.0 Å². The zero-order valence-corrected chi connectivity index (χ0v) is 21.6. The van der Waals surface area contributed by atoms with E-state index in [9.17, 15) is 14.0 Å². The number of ether oxygens (including phenoxy) is 4. The third-order valence-corrected chi connectivity index (χ3v) is 7.30. The molecule has 1 saturated heterocycles. The van der Waals surface area contributed by atoms with Crippen LogP contribution in [-0.4, -0.2) is 29.9 Å². The van der Waals surface area contributed by atoms with Gasteiger partial charge in [0.15, 0.2) is 23.0 Å². The van der Waals surface area contributed by atoms with Crippen molar-refractivity contribution in [2.45, 2.75) is 13.2 Å². The predicted octanol–water partition coefficient (Wildman–Crippen LogP) is 6.69. The van der Waals surface area contributed by atoms with Crippen LogP contribution in [0.3, 0.4) is 0 Å². The van der Waals surface area contributed by atoms with E-state index in [0.717, 1.165) is 16.7 Å². The Labute approximate surface area is 225 Å². The van der Waals surface area contributed by atoms with Crippen LogP contribution in [0.1, 0.15) is 16.7 Å². The Kier molecular flexibility index (Phi) is 7.19. The highest BCUT2D eigenvalue weighted by atomic mass is 35.5. The summed E-state index contributed by atoms with van der Waals surface area (Å²) in [5, 5.41) is 0.121. The minimum Gasteiger partial charge on any atom is -0.493 e. The summed E-state index contributed by atoms with van der Waals surface area (Å²) in [4.78, 5) is 27.2. The van der Waals surface area contributed by atoms with Crippen molar-refractivity contribution >= 4 is 52.2 Å². The molecular weight excluding hydrogens is 544 g/mol. The Morgan fingerprint density at radius 1 is 1.08 bits per heavy atom. The van der Waals surface area contributed by atoms with E-state index >= 15 is 0 Å². The molecule has 3 aromatic carbocycles. The van der Waals surface area contributed by atoms with Gasteiger partial charge in [-0.2, -0.15) is 0 Å². The number of hydrogen-bond donors (Lipinski definition) is 0. The molecule has 0 N–H and O–H groups in total. The fraction of sp³-hybridized carbons (Fsp3) is 0.154. The number of carbonyl (C=O) groups excluding carboxylic acids is 2. The summed E-state index contributed by atoms with van der Waals surface area (Å²) in [5.74, 6) is 0.643. The summed E-state index contributed by atoms with van der Waals surface area (Å²) in [7, 11) is 1.46. The summed E-state index contributed by atoms with van der Waals surface area (Å²) in [5.41, 5.74) is 1.20. The van der Waals surface area contributed by atoms with Crippen LogP contribution in [-0.2, 0) is 17.9 Å². The standard InChI is InChI=1S/C26H18Cl2FNO6S/c1-33-20-7-2-4-14(24(20)34-12-16-17(27)5-3-6-19(16)29)9-23-25(31)30(26(32)37-23)11-15-8-21-22(10-18(15)28)36-13-35-21/h2-10H,11-13H2,1H3/b23-9-. The van der Waals surface area contributed by atoms with Crippen LogP contribution in [0, 0.1) is 5.82 Å². The molecule has 2 amide bonds. The minimum absolute atomic E-state index is 0.0370. The van der Waals surface area contributed by atoms with Gasteiger partial charge in [0.2, 0.25) is 6.79 Å². The Bertz CT molecular complexity index is 1430. The van der Waals surface area contributed by atoms with Gasteiger partial charge < -0.3 is 18.9 Å². The van der Waals surface area contributed by atoms with Crippen molar-refractivity contribution in [1.82, 2.24) is 4.90 Å². The maximum Gasteiger partial charge on any atom is 0.293 e. The lowest BCUT2D eigenvalue weighted by atomic mass is 10.1. The molecular formula is C26H18Cl2FNO6S. The summed E-state index contributed by atoms with van der Waals surface area (Å²) < 4.78 is 36.3. The largest absolute Gasteiger partial charge is 0.493 e. The van der Waals surface area contributed by atoms with E-state index in [1.165, 1.54) is 25.3 Å². The van der Waals surface area contributed by atoms with Crippen LogP contribution < -0.4 is 18.9 Å². The van der Waals surface area contributed by atoms with Gasteiger partial charge in [-0.15, -0.1) is 0 Å². The molecule has 0 radical (unpaired) electrons. The highest BCUT2D eigenvalue weighted by Crippen LogP contribution is 2.41. The maximum atomic E-state index is 14.3. The molecule has 0 unspecified atom stereocenters. The normalized spacial score (nSPS) is 15.6. The zero-order chi connectivity index (χ0) is 26.1. The van der Waals surface area contributed by atoms with Crippen molar-refractivity contribution in [3.8, 4) is 23.0 Å². The van der Waals surface area contributed by atoms with E-state index in [1.54, 1.807) is 36.4 Å². The van der Waals surface area contributed by atoms with E-state index in [0.29, 0.717) is 33.4 Å². The molecule has 11 heteroatoms. The molecule has 190 valence electrons. The number of nitrogens with zero attached hydrogens (tertiary/aromatic N) is 1. The zero-order valence-electron chi connectivity index (χ0n) is 19.3. The number of benzene rings is 3. The number of amides is 2. The number of methoxy groups -OCH3 is 1. The number of halogens is 3. The molecule has 5 rings (SSSR count). The van der Waals surface area contributed by atoms with E-state index < -0.39 is 17.0 Å². The first kappa shape index (κ1) is 25.3. The molecule has 37 heavy (non-hydrogen) atoms. The molecule has 2 aliphatic rings. The Hall–Kier alpha value is -3.40. The molecule has 2 heterocycles. The molecule has 0 saturated carbocycles. The summed E-state index contributed by atoms with van der Waals surface area (Å²) in [6, 6.07) is 12.7. The Morgan fingerprint density at radius 3 is 2.59 bits per heavy atom. The van der Waals surface area contributed by atoms with Crippen molar-refractivity contribution in [2.24, 2.45) is 0 Å². The fourth-order valence-electron chi connectivity index (χ4n) is 3.80. The van der Waals surface area contributed by atoms with E-state index in [4.69, 9.17) is 42.1 Å². The van der Waals surface area contributed by atoms with E-state index in [2.05, 4.69) is 0 Å². The number of imide groups is 1. The highest BCUT2D eigenvalue weighted by molar-refractivity contribution is 8.18. The third kappa shape index (κ3) is 5.07. The van der Waals surface area contributed by atoms with Crippen LogP contribution in [0.4, 0.5) is 9.18 Å². The van der Waals surface area contributed by atoms with Crippen molar-refractivity contribution in [2.75, 3.05) is 13.9 Å². The molecule has 2 aliphatic heterocycles. The number of thioether (sulfide) groups is 1. The predicted molar refractivity (Wildman–Crippen MR) is 138 cm³/mol. The van der Waals surface area contributed by atoms with Gasteiger partial charge in [0.1, 0.15) is 12.4 Å². The molecule has 0 spiro atoms. The van der Waals surface area contributed by atoms with Gasteiger partial charge in [-0.3, -0.25) is 14.5 Å². The summed E-state index contributed by atoms with van der Waals surface area (Å²) in [6.07, 6.45) is 1.53.